The summed E-state index contributed by atoms with van der Waals surface area (Å²) >= 11 is 0. The van der Waals surface area contributed by atoms with Crippen LogP contribution in [0.2, 0.25) is 0 Å². The zero-order chi connectivity index (χ0) is 9.10. The SMILES string of the molecule is NC1OCCC(c2ccccc2)O1. The summed E-state index contributed by atoms with van der Waals surface area (Å²) in [6, 6.07) is 10.1. The minimum absolute atomic E-state index is 0.0879. The van der Waals surface area contributed by atoms with Gasteiger partial charge in [-0.2, -0.15) is 0 Å². The second-order valence-electron chi connectivity index (χ2n) is 3.06. The second-order valence-corrected chi connectivity index (χ2v) is 3.06. The summed E-state index contributed by atoms with van der Waals surface area (Å²) in [5.41, 5.74) is 6.69. The molecule has 1 fully saturated rings. The standard InChI is InChI=1S/C10H13NO2/c11-10-12-7-6-9(13-10)8-4-2-1-3-5-8/h1-5,9-10H,6-7,11H2. The van der Waals surface area contributed by atoms with Crippen molar-refractivity contribution >= 4 is 0 Å². The highest BCUT2D eigenvalue weighted by Gasteiger charge is 2.20. The van der Waals surface area contributed by atoms with Crippen molar-refractivity contribution in [3.63, 3.8) is 0 Å². The highest BCUT2D eigenvalue weighted by molar-refractivity contribution is 5.17. The van der Waals surface area contributed by atoms with E-state index in [1.54, 1.807) is 0 Å². The number of nitrogens with two attached hydrogens (primary N) is 1. The van der Waals surface area contributed by atoms with Crippen molar-refractivity contribution in [2.75, 3.05) is 6.61 Å². The fourth-order valence-electron chi connectivity index (χ4n) is 1.47. The highest BCUT2D eigenvalue weighted by atomic mass is 16.7. The molecule has 0 bridgehead atoms. The molecule has 2 rings (SSSR count). The van der Waals surface area contributed by atoms with Gasteiger partial charge in [0, 0.05) is 6.42 Å². The van der Waals surface area contributed by atoms with Crippen molar-refractivity contribution in [1.29, 1.82) is 0 Å². The Labute approximate surface area is 77.5 Å². The maximum absolute atomic E-state index is 5.52. The Morgan fingerprint density at radius 1 is 1.23 bits per heavy atom. The van der Waals surface area contributed by atoms with Crippen molar-refractivity contribution in [2.45, 2.75) is 18.9 Å². The van der Waals surface area contributed by atoms with Gasteiger partial charge in [0.1, 0.15) is 0 Å². The Morgan fingerprint density at radius 3 is 2.69 bits per heavy atom. The van der Waals surface area contributed by atoms with Crippen LogP contribution in [0.15, 0.2) is 30.3 Å². The Hall–Kier alpha value is -0.900. The van der Waals surface area contributed by atoms with Crippen molar-refractivity contribution in [3.05, 3.63) is 35.9 Å². The molecule has 3 heteroatoms. The molecule has 1 aliphatic rings. The average molecular weight is 179 g/mol. The Bertz CT molecular complexity index is 263. The van der Waals surface area contributed by atoms with E-state index in [9.17, 15) is 0 Å². The first-order valence-corrected chi connectivity index (χ1v) is 4.44. The van der Waals surface area contributed by atoms with Crippen LogP contribution in [0.25, 0.3) is 0 Å². The predicted molar refractivity (Wildman–Crippen MR) is 48.8 cm³/mol. The normalized spacial score (nSPS) is 28.7. The van der Waals surface area contributed by atoms with Crippen LogP contribution in [0, 0.1) is 0 Å². The molecule has 1 heterocycles. The van der Waals surface area contributed by atoms with Crippen LogP contribution < -0.4 is 5.73 Å². The van der Waals surface area contributed by atoms with Crippen LogP contribution in [-0.4, -0.2) is 13.0 Å². The molecule has 1 aliphatic heterocycles. The number of benzene rings is 1. The summed E-state index contributed by atoms with van der Waals surface area (Å²) in [5, 5.41) is 0. The summed E-state index contributed by atoms with van der Waals surface area (Å²) in [7, 11) is 0. The van der Waals surface area contributed by atoms with E-state index < -0.39 is 6.41 Å². The van der Waals surface area contributed by atoms with Gasteiger partial charge in [0.05, 0.1) is 12.7 Å². The molecule has 0 amide bonds. The van der Waals surface area contributed by atoms with Crippen LogP contribution >= 0.6 is 0 Å². The zero-order valence-corrected chi connectivity index (χ0v) is 7.35. The van der Waals surface area contributed by atoms with E-state index in [0.29, 0.717) is 6.61 Å². The van der Waals surface area contributed by atoms with Crippen LogP contribution in [0.3, 0.4) is 0 Å². The second kappa shape index (κ2) is 3.87. The van der Waals surface area contributed by atoms with Gasteiger partial charge < -0.3 is 9.47 Å². The molecule has 1 aromatic rings. The van der Waals surface area contributed by atoms with Gasteiger partial charge in [-0.1, -0.05) is 30.3 Å². The molecule has 1 aromatic carbocycles. The molecule has 1 saturated heterocycles. The minimum Gasteiger partial charge on any atom is -0.340 e. The largest absolute Gasteiger partial charge is 0.340 e. The van der Waals surface area contributed by atoms with Crippen LogP contribution in [0.1, 0.15) is 18.1 Å². The fourth-order valence-corrected chi connectivity index (χ4v) is 1.47. The molecule has 0 aliphatic carbocycles. The Balaban J connectivity index is 2.08. The van der Waals surface area contributed by atoms with E-state index in [-0.39, 0.29) is 6.10 Å². The number of hydrogen-bond donors (Lipinski definition) is 1. The van der Waals surface area contributed by atoms with E-state index >= 15 is 0 Å². The molecule has 2 atom stereocenters. The van der Waals surface area contributed by atoms with E-state index in [2.05, 4.69) is 0 Å². The summed E-state index contributed by atoms with van der Waals surface area (Å²) < 4.78 is 10.5. The highest BCUT2D eigenvalue weighted by Crippen LogP contribution is 2.25. The first-order valence-electron chi connectivity index (χ1n) is 4.44. The van der Waals surface area contributed by atoms with Gasteiger partial charge in [0.15, 0.2) is 0 Å². The lowest BCUT2D eigenvalue weighted by Crippen LogP contribution is -2.34. The molecule has 0 spiro atoms. The quantitative estimate of drug-likeness (QED) is 0.708. The fraction of sp³-hybridized carbons (Fsp3) is 0.400. The van der Waals surface area contributed by atoms with Gasteiger partial charge in [-0.25, -0.2) is 0 Å². The van der Waals surface area contributed by atoms with E-state index in [1.807, 2.05) is 30.3 Å². The molecule has 2 unspecified atom stereocenters. The summed E-state index contributed by atoms with van der Waals surface area (Å²) in [4.78, 5) is 0. The number of hydrogen-bond acceptors (Lipinski definition) is 3. The van der Waals surface area contributed by atoms with E-state index in [0.717, 1.165) is 6.42 Å². The Morgan fingerprint density at radius 2 is 2.00 bits per heavy atom. The molecule has 3 nitrogen and oxygen atoms in total. The molecular weight excluding hydrogens is 166 g/mol. The third kappa shape index (κ3) is 2.06. The van der Waals surface area contributed by atoms with Gasteiger partial charge in [-0.3, -0.25) is 5.73 Å². The summed E-state index contributed by atoms with van der Waals surface area (Å²) in [6.45, 7) is 0.667. The van der Waals surface area contributed by atoms with E-state index in [1.165, 1.54) is 5.56 Å². The van der Waals surface area contributed by atoms with Gasteiger partial charge in [0.25, 0.3) is 0 Å². The smallest absolute Gasteiger partial charge is 0.214 e. The van der Waals surface area contributed by atoms with E-state index in [4.69, 9.17) is 15.2 Å². The Kier molecular flexibility index (Phi) is 2.59. The van der Waals surface area contributed by atoms with Gasteiger partial charge in [-0.15, -0.1) is 0 Å². The lowest BCUT2D eigenvalue weighted by molar-refractivity contribution is -0.211. The van der Waals surface area contributed by atoms with Gasteiger partial charge in [-0.05, 0) is 5.56 Å². The van der Waals surface area contributed by atoms with Crippen molar-refractivity contribution < 1.29 is 9.47 Å². The van der Waals surface area contributed by atoms with Crippen molar-refractivity contribution in [2.24, 2.45) is 5.73 Å². The van der Waals surface area contributed by atoms with Gasteiger partial charge >= 0.3 is 0 Å². The average Bonchev–Trinajstić information content (AvgIpc) is 2.19. The van der Waals surface area contributed by atoms with Crippen LogP contribution in [0.4, 0.5) is 0 Å². The molecule has 13 heavy (non-hydrogen) atoms. The van der Waals surface area contributed by atoms with Crippen molar-refractivity contribution in [3.8, 4) is 0 Å². The first-order chi connectivity index (χ1) is 6.36. The first kappa shape index (κ1) is 8.69. The minimum atomic E-state index is -0.570. The summed E-state index contributed by atoms with van der Waals surface area (Å²) in [6.07, 6.45) is 0.390. The van der Waals surface area contributed by atoms with Crippen LogP contribution in [-0.2, 0) is 9.47 Å². The third-order valence-corrected chi connectivity index (χ3v) is 2.13. The number of rotatable bonds is 1. The molecule has 0 saturated carbocycles. The zero-order valence-electron chi connectivity index (χ0n) is 7.35. The molecule has 2 N–H and O–H groups in total. The molecular formula is C10H13NO2. The summed E-state index contributed by atoms with van der Waals surface area (Å²) in [5.74, 6) is 0. The lowest BCUT2D eigenvalue weighted by Gasteiger charge is -2.27. The maximum atomic E-state index is 5.52. The van der Waals surface area contributed by atoms with Gasteiger partial charge in [0.2, 0.25) is 6.41 Å². The topological polar surface area (TPSA) is 44.5 Å². The van der Waals surface area contributed by atoms with Crippen LogP contribution in [0.5, 0.6) is 0 Å². The third-order valence-electron chi connectivity index (χ3n) is 2.13. The molecule has 0 aromatic heterocycles. The maximum Gasteiger partial charge on any atom is 0.214 e. The monoisotopic (exact) mass is 179 g/mol. The van der Waals surface area contributed by atoms with Crippen molar-refractivity contribution in [1.82, 2.24) is 0 Å². The molecule has 70 valence electrons. The predicted octanol–water partition coefficient (Wildman–Crippen LogP) is 1.41. The lowest BCUT2D eigenvalue weighted by atomic mass is 10.1. The molecule has 0 radical (unpaired) electrons. The number of ether oxygens (including phenoxy) is 2.